The fraction of sp³-hybridized carbons (Fsp3) is 0.364. The van der Waals surface area contributed by atoms with Crippen LogP contribution in [0.3, 0.4) is 0 Å². The molecule has 0 bridgehead atoms. The lowest BCUT2D eigenvalue weighted by atomic mass is 10.1. The van der Waals surface area contributed by atoms with Gasteiger partial charge in [-0.25, -0.2) is 8.42 Å². The minimum atomic E-state index is -3.88. The maximum absolute atomic E-state index is 12.6. The largest absolute Gasteiger partial charge is 0.346 e. The van der Waals surface area contributed by atoms with Crippen molar-refractivity contribution in [3.8, 4) is 0 Å². The average Bonchev–Trinajstić information content (AvgIpc) is 2.67. The number of nitrogens with one attached hydrogen (secondary N) is 3. The van der Waals surface area contributed by atoms with Gasteiger partial charge in [-0.1, -0.05) is 49.7 Å². The molecule has 0 aromatic heterocycles. The summed E-state index contributed by atoms with van der Waals surface area (Å²) in [4.78, 5) is 25.0. The second-order valence-corrected chi connectivity index (χ2v) is 9.40. The summed E-state index contributed by atoms with van der Waals surface area (Å²) in [6, 6.07) is 11.0. The molecule has 0 heterocycles. The molecule has 0 saturated carbocycles. The average molecular weight is 432 g/mol. The van der Waals surface area contributed by atoms with Crippen molar-refractivity contribution in [3.05, 3.63) is 59.2 Å². The molecule has 1 atom stereocenters. The monoisotopic (exact) mass is 431 g/mol. The van der Waals surface area contributed by atoms with Gasteiger partial charge in [0, 0.05) is 5.69 Å². The van der Waals surface area contributed by atoms with Crippen LogP contribution >= 0.6 is 0 Å². The lowest BCUT2D eigenvalue weighted by Gasteiger charge is -2.21. The quantitative estimate of drug-likeness (QED) is 0.598. The predicted molar refractivity (Wildman–Crippen MR) is 118 cm³/mol. The molecule has 2 aromatic carbocycles. The normalized spacial score (nSPS) is 12.5. The molecule has 3 N–H and O–H groups in total. The molecule has 0 unspecified atom stereocenters. The Morgan fingerprint density at radius 1 is 0.933 bits per heavy atom. The first-order valence-corrected chi connectivity index (χ1v) is 11.2. The Bertz CT molecular complexity index is 995. The van der Waals surface area contributed by atoms with Crippen molar-refractivity contribution in [1.29, 1.82) is 0 Å². The van der Waals surface area contributed by atoms with E-state index in [1.165, 1.54) is 12.1 Å². The van der Waals surface area contributed by atoms with Gasteiger partial charge < -0.3 is 10.6 Å². The summed E-state index contributed by atoms with van der Waals surface area (Å²) >= 11 is 0. The van der Waals surface area contributed by atoms with E-state index in [0.29, 0.717) is 5.69 Å². The van der Waals surface area contributed by atoms with Crippen molar-refractivity contribution < 1.29 is 18.0 Å². The summed E-state index contributed by atoms with van der Waals surface area (Å²) in [6.45, 7) is 8.84. The summed E-state index contributed by atoms with van der Waals surface area (Å²) in [5.74, 6) is -1.26. The third-order valence-electron chi connectivity index (χ3n) is 4.73. The van der Waals surface area contributed by atoms with Crippen molar-refractivity contribution >= 4 is 27.5 Å². The van der Waals surface area contributed by atoms with Crippen LogP contribution < -0.4 is 15.4 Å². The fourth-order valence-corrected chi connectivity index (χ4v) is 4.26. The number of hydrogen-bond acceptors (Lipinski definition) is 4. The van der Waals surface area contributed by atoms with Crippen molar-refractivity contribution in [2.45, 2.75) is 45.6 Å². The molecule has 30 heavy (non-hydrogen) atoms. The van der Waals surface area contributed by atoms with E-state index in [1.807, 2.05) is 39.0 Å². The maximum atomic E-state index is 12.6. The van der Waals surface area contributed by atoms with Crippen molar-refractivity contribution in [1.82, 2.24) is 10.0 Å². The third kappa shape index (κ3) is 6.14. The number of anilines is 1. The first-order valence-electron chi connectivity index (χ1n) is 9.74. The number of benzene rings is 2. The number of carbonyl (C=O) groups is 2. The van der Waals surface area contributed by atoms with Crippen LogP contribution in [0.1, 0.15) is 30.5 Å². The van der Waals surface area contributed by atoms with Gasteiger partial charge in [0.15, 0.2) is 0 Å². The van der Waals surface area contributed by atoms with Crippen LogP contribution in [0.4, 0.5) is 5.69 Å². The first kappa shape index (κ1) is 23.6. The van der Waals surface area contributed by atoms with Gasteiger partial charge in [-0.2, -0.15) is 4.72 Å². The predicted octanol–water partition coefficient (Wildman–Crippen LogP) is 2.67. The summed E-state index contributed by atoms with van der Waals surface area (Å²) in [6.07, 6.45) is 0. The second kappa shape index (κ2) is 9.86. The van der Waals surface area contributed by atoms with Crippen LogP contribution in [0, 0.1) is 26.7 Å². The van der Waals surface area contributed by atoms with Crippen molar-refractivity contribution in [2.75, 3.05) is 11.9 Å². The number of hydrogen-bond donors (Lipinski definition) is 3. The Balaban J connectivity index is 2.03. The van der Waals surface area contributed by atoms with Crippen LogP contribution in [0.2, 0.25) is 0 Å². The molecule has 0 radical (unpaired) electrons. The number of amides is 2. The highest BCUT2D eigenvalue weighted by Gasteiger charge is 2.28. The molecule has 162 valence electrons. The Morgan fingerprint density at radius 2 is 1.50 bits per heavy atom. The Hall–Kier alpha value is -2.71. The van der Waals surface area contributed by atoms with Crippen LogP contribution in [0.25, 0.3) is 0 Å². The second-order valence-electron chi connectivity index (χ2n) is 7.69. The van der Waals surface area contributed by atoms with E-state index in [-0.39, 0.29) is 23.3 Å². The summed E-state index contributed by atoms with van der Waals surface area (Å²) < 4.78 is 27.7. The van der Waals surface area contributed by atoms with Crippen LogP contribution in [-0.4, -0.2) is 32.8 Å². The minimum absolute atomic E-state index is 0.0827. The van der Waals surface area contributed by atoms with E-state index in [0.717, 1.165) is 16.7 Å². The number of para-hydroxylation sites is 1. The first-order chi connectivity index (χ1) is 14.0. The van der Waals surface area contributed by atoms with Crippen LogP contribution in [0.5, 0.6) is 0 Å². The molecule has 2 aromatic rings. The minimum Gasteiger partial charge on any atom is -0.346 e. The highest BCUT2D eigenvalue weighted by Crippen LogP contribution is 2.19. The van der Waals surface area contributed by atoms with Gasteiger partial charge in [0.1, 0.15) is 6.04 Å². The van der Waals surface area contributed by atoms with E-state index in [9.17, 15) is 18.0 Å². The SMILES string of the molecule is Cc1ccc(S(=O)(=O)N[C@H](C(=O)NCC(=O)Nc2c(C)cccc2C)C(C)C)cc1. The van der Waals surface area contributed by atoms with E-state index in [2.05, 4.69) is 15.4 Å². The molecular weight excluding hydrogens is 402 g/mol. The number of carbonyl (C=O) groups excluding carboxylic acids is 2. The zero-order chi connectivity index (χ0) is 22.5. The molecule has 8 heteroatoms. The Morgan fingerprint density at radius 3 is 2.03 bits per heavy atom. The number of aryl methyl sites for hydroxylation is 3. The molecule has 7 nitrogen and oxygen atoms in total. The molecule has 0 aliphatic heterocycles. The van der Waals surface area contributed by atoms with Gasteiger partial charge in [-0.05, 0) is 49.9 Å². The zero-order valence-electron chi connectivity index (χ0n) is 17.9. The molecule has 0 saturated heterocycles. The highest BCUT2D eigenvalue weighted by molar-refractivity contribution is 7.89. The molecule has 2 amide bonds. The third-order valence-corrected chi connectivity index (χ3v) is 6.19. The summed E-state index contributed by atoms with van der Waals surface area (Å²) in [5, 5.41) is 5.32. The van der Waals surface area contributed by atoms with Crippen molar-refractivity contribution in [2.24, 2.45) is 5.92 Å². The van der Waals surface area contributed by atoms with Gasteiger partial charge in [-0.15, -0.1) is 0 Å². The molecule has 0 aliphatic rings. The van der Waals surface area contributed by atoms with E-state index in [1.54, 1.807) is 26.0 Å². The van der Waals surface area contributed by atoms with Gasteiger partial charge in [0.25, 0.3) is 0 Å². The lowest BCUT2D eigenvalue weighted by molar-refractivity contribution is -0.126. The molecular formula is C22H29N3O4S. The molecule has 0 fully saturated rings. The van der Waals surface area contributed by atoms with Crippen LogP contribution in [0.15, 0.2) is 47.4 Å². The number of sulfonamides is 1. The smallest absolute Gasteiger partial charge is 0.243 e. The van der Waals surface area contributed by atoms with Gasteiger partial charge in [-0.3, -0.25) is 9.59 Å². The summed E-state index contributed by atoms with van der Waals surface area (Å²) in [5.41, 5.74) is 3.47. The molecule has 0 aliphatic carbocycles. The van der Waals surface area contributed by atoms with Crippen molar-refractivity contribution in [3.63, 3.8) is 0 Å². The lowest BCUT2D eigenvalue weighted by Crippen LogP contribution is -2.50. The fourth-order valence-electron chi connectivity index (χ4n) is 2.92. The molecule has 0 spiro atoms. The van der Waals surface area contributed by atoms with E-state index in [4.69, 9.17) is 0 Å². The number of rotatable bonds is 8. The topological polar surface area (TPSA) is 104 Å². The van der Waals surface area contributed by atoms with Gasteiger partial charge in [0.2, 0.25) is 21.8 Å². The highest BCUT2D eigenvalue weighted by atomic mass is 32.2. The Labute approximate surface area is 178 Å². The zero-order valence-corrected chi connectivity index (χ0v) is 18.8. The molecule has 2 rings (SSSR count). The van der Waals surface area contributed by atoms with Gasteiger partial charge >= 0.3 is 0 Å². The Kier molecular flexibility index (Phi) is 7.75. The van der Waals surface area contributed by atoms with Crippen LogP contribution in [-0.2, 0) is 19.6 Å². The standard InChI is InChI=1S/C22H29N3O4S/c1-14(2)20(25-30(28,29)18-11-9-15(3)10-12-18)22(27)23-13-19(26)24-21-16(4)7-6-8-17(21)5/h6-12,14,20,25H,13H2,1-5H3,(H,23,27)(H,24,26)/t20-/m0/s1. The maximum Gasteiger partial charge on any atom is 0.243 e. The van der Waals surface area contributed by atoms with Gasteiger partial charge in [0.05, 0.1) is 11.4 Å². The summed E-state index contributed by atoms with van der Waals surface area (Å²) in [7, 11) is -3.88. The van der Waals surface area contributed by atoms with E-state index < -0.39 is 22.0 Å². The van der Waals surface area contributed by atoms with E-state index >= 15 is 0 Å².